The van der Waals surface area contributed by atoms with E-state index in [1.807, 2.05) is 6.92 Å². The van der Waals surface area contributed by atoms with Gasteiger partial charge >= 0.3 is 5.97 Å². The van der Waals surface area contributed by atoms with Gasteiger partial charge in [0.2, 0.25) is 5.91 Å². The molecule has 1 fully saturated rings. The fraction of sp³-hybridized carbons (Fsp3) is 0.833. The van der Waals surface area contributed by atoms with Crippen molar-refractivity contribution in [3.8, 4) is 0 Å². The van der Waals surface area contributed by atoms with Crippen LogP contribution in [-0.4, -0.2) is 37.0 Å². The second-order valence-corrected chi connectivity index (χ2v) is 5.08. The lowest BCUT2D eigenvalue weighted by atomic mass is 10.1. The van der Waals surface area contributed by atoms with E-state index in [0.717, 1.165) is 12.8 Å². The summed E-state index contributed by atoms with van der Waals surface area (Å²) >= 11 is 0. The fourth-order valence-electron chi connectivity index (χ4n) is 1.87. The Labute approximate surface area is 96.9 Å². The van der Waals surface area contributed by atoms with Crippen LogP contribution >= 0.6 is 0 Å². The van der Waals surface area contributed by atoms with Crippen LogP contribution in [0.1, 0.15) is 33.6 Å². The second-order valence-electron chi connectivity index (χ2n) is 5.08. The molecule has 1 unspecified atom stereocenters. The van der Waals surface area contributed by atoms with Gasteiger partial charge in [0.05, 0.1) is 7.11 Å². The minimum atomic E-state index is -0.347. The van der Waals surface area contributed by atoms with Gasteiger partial charge in [-0.15, -0.1) is 0 Å². The van der Waals surface area contributed by atoms with E-state index in [1.165, 1.54) is 7.11 Å². The Morgan fingerprint density at radius 1 is 1.44 bits per heavy atom. The largest absolute Gasteiger partial charge is 0.468 e. The molecular weight excluding hydrogens is 206 g/mol. The maximum absolute atomic E-state index is 12.1. The molecule has 0 spiro atoms. The lowest BCUT2D eigenvalue weighted by Gasteiger charge is -2.21. The van der Waals surface area contributed by atoms with Crippen LogP contribution in [-0.2, 0) is 14.3 Å². The molecule has 0 bridgehead atoms. The van der Waals surface area contributed by atoms with Crippen molar-refractivity contribution in [1.82, 2.24) is 4.90 Å². The maximum atomic E-state index is 12.1. The molecule has 1 saturated carbocycles. The van der Waals surface area contributed by atoms with Gasteiger partial charge in [-0.1, -0.05) is 20.8 Å². The number of carbonyl (C=O) groups is 2. The third kappa shape index (κ3) is 2.97. The predicted octanol–water partition coefficient (Wildman–Crippen LogP) is 1.44. The molecule has 0 saturated heterocycles. The Morgan fingerprint density at radius 2 is 2.00 bits per heavy atom. The SMILES string of the molecule is CCCN(CC(=O)OC)C(=O)C1CC1(C)C. The van der Waals surface area contributed by atoms with Crippen LogP contribution in [0.5, 0.6) is 0 Å². The average molecular weight is 227 g/mol. The average Bonchev–Trinajstić information content (AvgIpc) is 2.86. The molecule has 1 amide bonds. The molecule has 16 heavy (non-hydrogen) atoms. The van der Waals surface area contributed by atoms with Crippen molar-refractivity contribution in [1.29, 1.82) is 0 Å². The third-order valence-corrected chi connectivity index (χ3v) is 3.16. The van der Waals surface area contributed by atoms with Crippen molar-refractivity contribution >= 4 is 11.9 Å². The van der Waals surface area contributed by atoms with E-state index in [-0.39, 0.29) is 29.8 Å². The summed E-state index contributed by atoms with van der Waals surface area (Å²) < 4.78 is 4.60. The van der Waals surface area contributed by atoms with Gasteiger partial charge in [-0.25, -0.2) is 0 Å². The molecule has 0 aliphatic heterocycles. The lowest BCUT2D eigenvalue weighted by molar-refractivity contribution is -0.147. The molecule has 1 aliphatic rings. The Kier molecular flexibility index (Phi) is 3.94. The molecule has 1 atom stereocenters. The number of hydrogen-bond donors (Lipinski definition) is 0. The van der Waals surface area contributed by atoms with Crippen LogP contribution in [0.2, 0.25) is 0 Å². The van der Waals surface area contributed by atoms with Crippen molar-refractivity contribution in [2.24, 2.45) is 11.3 Å². The lowest BCUT2D eigenvalue weighted by Crippen LogP contribution is -2.38. The van der Waals surface area contributed by atoms with E-state index in [4.69, 9.17) is 0 Å². The first kappa shape index (κ1) is 13.0. The van der Waals surface area contributed by atoms with Gasteiger partial charge in [0.15, 0.2) is 0 Å². The molecule has 4 nitrogen and oxygen atoms in total. The van der Waals surface area contributed by atoms with E-state index in [2.05, 4.69) is 18.6 Å². The zero-order chi connectivity index (χ0) is 12.3. The molecule has 0 radical (unpaired) electrons. The summed E-state index contributed by atoms with van der Waals surface area (Å²) in [6, 6.07) is 0. The first-order chi connectivity index (χ1) is 7.42. The summed E-state index contributed by atoms with van der Waals surface area (Å²) in [5.41, 5.74) is 0.110. The molecule has 0 aromatic heterocycles. The highest BCUT2D eigenvalue weighted by Crippen LogP contribution is 2.52. The zero-order valence-corrected chi connectivity index (χ0v) is 10.6. The molecule has 1 rings (SSSR count). The fourth-order valence-corrected chi connectivity index (χ4v) is 1.87. The highest BCUT2D eigenvalue weighted by molar-refractivity contribution is 5.86. The van der Waals surface area contributed by atoms with Gasteiger partial charge in [-0.2, -0.15) is 0 Å². The molecule has 4 heteroatoms. The van der Waals surface area contributed by atoms with E-state index >= 15 is 0 Å². The molecule has 1 aliphatic carbocycles. The summed E-state index contributed by atoms with van der Waals surface area (Å²) in [5.74, 6) is -0.166. The molecular formula is C12H21NO3. The third-order valence-electron chi connectivity index (χ3n) is 3.16. The standard InChI is InChI=1S/C12H21NO3/c1-5-6-13(8-10(14)16-4)11(15)9-7-12(9,2)3/h9H,5-8H2,1-4H3. The number of carbonyl (C=O) groups excluding carboxylic acids is 2. The van der Waals surface area contributed by atoms with Gasteiger partial charge in [0.1, 0.15) is 6.54 Å². The highest BCUT2D eigenvalue weighted by Gasteiger charge is 2.51. The smallest absolute Gasteiger partial charge is 0.325 e. The predicted molar refractivity (Wildman–Crippen MR) is 60.8 cm³/mol. The van der Waals surface area contributed by atoms with Gasteiger partial charge in [0.25, 0.3) is 0 Å². The number of nitrogens with zero attached hydrogens (tertiary/aromatic N) is 1. The Hall–Kier alpha value is -1.06. The van der Waals surface area contributed by atoms with Crippen molar-refractivity contribution in [2.45, 2.75) is 33.6 Å². The van der Waals surface area contributed by atoms with E-state index in [9.17, 15) is 9.59 Å². The quantitative estimate of drug-likeness (QED) is 0.668. The zero-order valence-electron chi connectivity index (χ0n) is 10.6. The van der Waals surface area contributed by atoms with Crippen LogP contribution in [0, 0.1) is 11.3 Å². The van der Waals surface area contributed by atoms with Gasteiger partial charge < -0.3 is 9.64 Å². The normalized spacial score (nSPS) is 21.4. The van der Waals surface area contributed by atoms with Gasteiger partial charge in [-0.05, 0) is 18.3 Å². The van der Waals surface area contributed by atoms with Crippen LogP contribution < -0.4 is 0 Å². The van der Waals surface area contributed by atoms with E-state index < -0.39 is 0 Å². The van der Waals surface area contributed by atoms with Crippen LogP contribution in [0.3, 0.4) is 0 Å². The molecule has 92 valence electrons. The summed E-state index contributed by atoms with van der Waals surface area (Å²) in [7, 11) is 1.35. The van der Waals surface area contributed by atoms with Crippen molar-refractivity contribution in [2.75, 3.05) is 20.2 Å². The Bertz CT molecular complexity index is 286. The number of rotatable bonds is 5. The van der Waals surface area contributed by atoms with Crippen LogP contribution in [0.4, 0.5) is 0 Å². The van der Waals surface area contributed by atoms with Crippen molar-refractivity contribution in [3.05, 3.63) is 0 Å². The minimum Gasteiger partial charge on any atom is -0.468 e. The number of methoxy groups -OCH3 is 1. The number of esters is 1. The van der Waals surface area contributed by atoms with E-state index in [0.29, 0.717) is 6.54 Å². The van der Waals surface area contributed by atoms with E-state index in [1.54, 1.807) is 4.90 Å². The van der Waals surface area contributed by atoms with Crippen LogP contribution in [0.25, 0.3) is 0 Å². The number of ether oxygens (including phenoxy) is 1. The summed E-state index contributed by atoms with van der Waals surface area (Å²) in [6.07, 6.45) is 1.78. The second kappa shape index (κ2) is 4.85. The first-order valence-electron chi connectivity index (χ1n) is 5.78. The summed E-state index contributed by atoms with van der Waals surface area (Å²) in [4.78, 5) is 24.9. The number of amides is 1. The van der Waals surface area contributed by atoms with Crippen molar-refractivity contribution in [3.63, 3.8) is 0 Å². The molecule has 0 heterocycles. The summed E-state index contributed by atoms with van der Waals surface area (Å²) in [5, 5.41) is 0. The topological polar surface area (TPSA) is 46.6 Å². The highest BCUT2D eigenvalue weighted by atomic mass is 16.5. The maximum Gasteiger partial charge on any atom is 0.325 e. The first-order valence-corrected chi connectivity index (χ1v) is 5.78. The Balaban J connectivity index is 2.56. The van der Waals surface area contributed by atoms with Crippen molar-refractivity contribution < 1.29 is 14.3 Å². The molecule has 0 aromatic rings. The Morgan fingerprint density at radius 3 is 2.38 bits per heavy atom. The van der Waals surface area contributed by atoms with Gasteiger partial charge in [0, 0.05) is 12.5 Å². The monoisotopic (exact) mass is 227 g/mol. The minimum absolute atomic E-state index is 0.0791. The molecule has 0 N–H and O–H groups in total. The summed E-state index contributed by atoms with van der Waals surface area (Å²) in [6.45, 7) is 6.86. The molecule has 0 aromatic carbocycles. The van der Waals surface area contributed by atoms with Gasteiger partial charge in [-0.3, -0.25) is 9.59 Å². The van der Waals surface area contributed by atoms with Crippen LogP contribution in [0.15, 0.2) is 0 Å². The number of hydrogen-bond acceptors (Lipinski definition) is 3.